The number of nitrogens with one attached hydrogen (secondary N) is 1. The highest BCUT2D eigenvalue weighted by Gasteiger charge is 2.83. The Morgan fingerprint density at radius 2 is 1.75 bits per heavy atom. The molecule has 0 bridgehead atoms. The minimum Gasteiger partial charge on any atom is -0.497 e. The fourth-order valence-electron chi connectivity index (χ4n) is 16.7. The van der Waals surface area contributed by atoms with E-state index in [9.17, 15) is 9.90 Å². The van der Waals surface area contributed by atoms with Gasteiger partial charge in [0.1, 0.15) is 5.75 Å². The van der Waals surface area contributed by atoms with Gasteiger partial charge in [-0.3, -0.25) is 9.80 Å². The van der Waals surface area contributed by atoms with Gasteiger partial charge in [0.2, 0.25) is 0 Å². The summed E-state index contributed by atoms with van der Waals surface area (Å²) >= 11 is 0. The number of piperidine rings is 3. The first-order valence-corrected chi connectivity index (χ1v) is 20.4. The van der Waals surface area contributed by atoms with Crippen molar-refractivity contribution in [1.29, 1.82) is 0 Å². The van der Waals surface area contributed by atoms with E-state index in [1.165, 1.54) is 18.2 Å². The van der Waals surface area contributed by atoms with E-state index in [2.05, 4.69) is 62.5 Å². The van der Waals surface area contributed by atoms with E-state index in [4.69, 9.17) is 18.9 Å². The molecule has 2 aromatic carbocycles. The third-order valence-electron chi connectivity index (χ3n) is 17.7. The van der Waals surface area contributed by atoms with Crippen LogP contribution in [0.15, 0.2) is 53.7 Å². The number of hydrogen-bond donors (Lipinski definition) is 2. The van der Waals surface area contributed by atoms with E-state index in [0.717, 1.165) is 113 Å². The van der Waals surface area contributed by atoms with Crippen molar-refractivity contribution >= 4 is 17.3 Å². The molecule has 0 amide bonds. The van der Waals surface area contributed by atoms with Gasteiger partial charge >= 0.3 is 5.97 Å². The molecule has 1 saturated carbocycles. The van der Waals surface area contributed by atoms with Crippen LogP contribution in [-0.2, 0) is 29.8 Å². The fourth-order valence-corrected chi connectivity index (χ4v) is 16.7. The third kappa shape index (κ3) is 3.10. The van der Waals surface area contributed by atoms with Crippen LogP contribution in [-0.4, -0.2) is 111 Å². The molecule has 2 aromatic rings. The number of carbonyl (C=O) groups excluding carboxylic acids is 1. The van der Waals surface area contributed by atoms with Gasteiger partial charge in [-0.15, -0.1) is 0 Å². The maximum atomic E-state index is 14.0. The molecule has 0 aromatic heterocycles. The summed E-state index contributed by atoms with van der Waals surface area (Å²) in [7, 11) is 3.29. The number of ether oxygens (including phenoxy) is 4. The molecule has 11 aliphatic rings. The number of nitrogens with zero attached hydrogens (tertiary/aromatic N) is 3. The monoisotopic (exact) mass is 718 g/mol. The smallest absolute Gasteiger partial charge is 0.335 e. The van der Waals surface area contributed by atoms with Gasteiger partial charge in [-0.1, -0.05) is 24.3 Å². The molecule has 9 aliphatic heterocycles. The van der Waals surface area contributed by atoms with Crippen LogP contribution in [0.25, 0.3) is 0 Å². The van der Waals surface area contributed by atoms with Crippen molar-refractivity contribution in [3.05, 3.63) is 64.9 Å². The van der Waals surface area contributed by atoms with Crippen LogP contribution in [0.1, 0.15) is 62.5 Å². The lowest BCUT2D eigenvalue weighted by molar-refractivity contribution is -0.232. The molecular formula is C43H50N4O6. The Morgan fingerprint density at radius 1 is 0.906 bits per heavy atom. The first-order chi connectivity index (χ1) is 25.8. The van der Waals surface area contributed by atoms with Crippen LogP contribution in [0.5, 0.6) is 5.75 Å². The van der Waals surface area contributed by atoms with Gasteiger partial charge in [0.05, 0.1) is 42.8 Å². The van der Waals surface area contributed by atoms with Gasteiger partial charge in [-0.2, -0.15) is 0 Å². The van der Waals surface area contributed by atoms with Crippen LogP contribution < -0.4 is 15.0 Å². The Bertz CT molecular complexity index is 2060. The normalized spacial score (nSPS) is 47.6. The van der Waals surface area contributed by atoms with Crippen LogP contribution >= 0.6 is 0 Å². The van der Waals surface area contributed by atoms with Gasteiger partial charge in [0, 0.05) is 90.2 Å². The maximum Gasteiger partial charge on any atom is 0.335 e. The van der Waals surface area contributed by atoms with E-state index >= 15 is 0 Å². The zero-order chi connectivity index (χ0) is 35.3. The van der Waals surface area contributed by atoms with Crippen LogP contribution in [0.3, 0.4) is 0 Å². The number of esters is 1. The van der Waals surface area contributed by atoms with Gasteiger partial charge in [0.15, 0.2) is 5.72 Å². The molecule has 5 spiro atoms. The van der Waals surface area contributed by atoms with Gasteiger partial charge in [-0.05, 0) is 87.7 Å². The number of para-hydroxylation sites is 1. The summed E-state index contributed by atoms with van der Waals surface area (Å²) in [4.78, 5) is 22.0. The third-order valence-corrected chi connectivity index (χ3v) is 17.7. The number of fused-ring (bicyclic) bond motifs is 4. The second-order valence-corrected chi connectivity index (χ2v) is 19.0. The highest BCUT2D eigenvalue weighted by molar-refractivity contribution is 5.93. The van der Waals surface area contributed by atoms with Crippen molar-refractivity contribution in [3.63, 3.8) is 0 Å². The summed E-state index contributed by atoms with van der Waals surface area (Å²) in [6.07, 6.45) is 7.69. The number of benzene rings is 2. The molecule has 53 heavy (non-hydrogen) atoms. The summed E-state index contributed by atoms with van der Waals surface area (Å²) in [6, 6.07) is 15.9. The summed E-state index contributed by atoms with van der Waals surface area (Å²) < 4.78 is 25.4. The number of anilines is 2. The summed E-state index contributed by atoms with van der Waals surface area (Å²) in [6.45, 7) is 6.18. The Labute approximate surface area is 310 Å². The molecule has 11 unspecified atom stereocenters. The minimum atomic E-state index is -1.01. The lowest BCUT2D eigenvalue weighted by Gasteiger charge is -2.70. The first kappa shape index (κ1) is 31.1. The van der Waals surface area contributed by atoms with Crippen molar-refractivity contribution in [2.45, 2.75) is 92.2 Å². The van der Waals surface area contributed by atoms with Gasteiger partial charge < -0.3 is 34.3 Å². The zero-order valence-corrected chi connectivity index (χ0v) is 30.9. The molecule has 9 heterocycles. The van der Waals surface area contributed by atoms with Crippen molar-refractivity contribution in [1.82, 2.24) is 9.80 Å². The second-order valence-electron chi connectivity index (χ2n) is 19.0. The molecule has 10 nitrogen and oxygen atoms in total. The lowest BCUT2D eigenvalue weighted by Crippen LogP contribution is -2.81. The van der Waals surface area contributed by atoms with E-state index < -0.39 is 11.1 Å². The minimum absolute atomic E-state index is 0.0142. The SMILES string of the molecule is COC(=O)C1=C2Nc3ccccc3C23CCN2CC4(CC5CC67CCOC6CCN6CCC8(c9ccc(OC)cc9N(C4)C58O)C67)C4OCCC4(C1)C23. The molecule has 8 fully saturated rings. The number of methoxy groups -OCH3 is 2. The number of carbonyl (C=O) groups is 1. The van der Waals surface area contributed by atoms with Crippen molar-refractivity contribution in [3.8, 4) is 5.75 Å². The average molecular weight is 719 g/mol. The van der Waals surface area contributed by atoms with Crippen molar-refractivity contribution in [2.75, 3.05) is 70.4 Å². The maximum absolute atomic E-state index is 14.0. The number of aliphatic hydroxyl groups is 1. The molecule has 2 aliphatic carbocycles. The van der Waals surface area contributed by atoms with Crippen molar-refractivity contribution in [2.24, 2.45) is 22.2 Å². The topological polar surface area (TPSA) is 96.0 Å². The quantitative estimate of drug-likeness (QED) is 0.441. The zero-order valence-electron chi connectivity index (χ0n) is 30.9. The Morgan fingerprint density at radius 3 is 2.64 bits per heavy atom. The molecule has 2 N–H and O–H groups in total. The second kappa shape index (κ2) is 9.62. The highest BCUT2D eigenvalue weighted by Crippen LogP contribution is 2.77. The Balaban J connectivity index is 1.02. The van der Waals surface area contributed by atoms with Crippen molar-refractivity contribution < 1.29 is 28.8 Å². The highest BCUT2D eigenvalue weighted by atomic mass is 16.5. The van der Waals surface area contributed by atoms with E-state index in [1.54, 1.807) is 7.11 Å². The first-order valence-electron chi connectivity index (χ1n) is 20.4. The Kier molecular flexibility index (Phi) is 5.64. The largest absolute Gasteiger partial charge is 0.497 e. The molecule has 10 heteroatoms. The molecule has 278 valence electrons. The predicted octanol–water partition coefficient (Wildman–Crippen LogP) is 4.16. The van der Waals surface area contributed by atoms with Gasteiger partial charge in [0.25, 0.3) is 0 Å². The standard InChI is InChI=1S/C43H50N4O6/c1-50-26-7-8-29-31(19-26)47-24-38(20-25-21-39-12-17-52-32(39)9-14-45-16-11-42(29,36(39)45)43(25,47)49)23-46-15-10-41-28-5-3-4-6-30(28)44-33(41)27(34(48)51-2)22-40(35(41)46)13-18-53-37(38)40/h3-8,19,25,32,35-37,44,49H,9-18,20-24H2,1-2H3. The van der Waals surface area contributed by atoms with Gasteiger partial charge in [-0.25, -0.2) is 4.79 Å². The van der Waals surface area contributed by atoms with Crippen LogP contribution in [0.4, 0.5) is 11.4 Å². The van der Waals surface area contributed by atoms with E-state index in [-0.39, 0.29) is 57.8 Å². The molecular weight excluding hydrogens is 668 g/mol. The molecule has 0 radical (unpaired) electrons. The van der Waals surface area contributed by atoms with E-state index in [0.29, 0.717) is 13.0 Å². The molecule has 7 saturated heterocycles. The number of rotatable bonds is 2. The van der Waals surface area contributed by atoms with Crippen LogP contribution in [0.2, 0.25) is 0 Å². The predicted molar refractivity (Wildman–Crippen MR) is 196 cm³/mol. The molecule has 13 rings (SSSR count). The molecule has 11 atom stereocenters. The summed E-state index contributed by atoms with van der Waals surface area (Å²) in [5.74, 6) is 0.670. The summed E-state index contributed by atoms with van der Waals surface area (Å²) in [5, 5.41) is 17.8. The van der Waals surface area contributed by atoms with E-state index in [1.807, 2.05) is 0 Å². The average Bonchev–Trinajstić information content (AvgIpc) is 4.02. The Hall–Kier alpha value is -3.15. The number of hydrogen-bond acceptors (Lipinski definition) is 10. The fraction of sp³-hybridized carbons (Fsp3) is 0.651. The van der Waals surface area contributed by atoms with Crippen LogP contribution in [0, 0.1) is 22.2 Å². The summed E-state index contributed by atoms with van der Waals surface area (Å²) in [5.41, 5.74) is 4.55. The lowest BCUT2D eigenvalue weighted by atomic mass is 9.43.